The zero-order valence-corrected chi connectivity index (χ0v) is 12.4. The Kier molecular flexibility index (Phi) is 4.48. The standard InChI is InChI=1S/C17H25NO2/c1-17(2)9-7-13(8-10-17)12-3-5-14(6-4-12)15(18)11-16(19)20/h3-6,13,15H,7-11,18H2,1-2H3,(H,19,20). The maximum Gasteiger partial charge on any atom is 0.305 e. The molecule has 0 heterocycles. The van der Waals surface area contributed by atoms with Crippen LogP contribution in [0.2, 0.25) is 0 Å². The third kappa shape index (κ3) is 3.83. The normalized spacial score (nSPS) is 20.6. The highest BCUT2D eigenvalue weighted by molar-refractivity contribution is 5.67. The van der Waals surface area contributed by atoms with E-state index in [1.54, 1.807) is 0 Å². The third-order valence-corrected chi connectivity index (χ3v) is 4.57. The van der Waals surface area contributed by atoms with Gasteiger partial charge in [0.1, 0.15) is 0 Å². The highest BCUT2D eigenvalue weighted by Gasteiger charge is 2.27. The molecule has 1 saturated carbocycles. The minimum absolute atomic E-state index is 0.0169. The van der Waals surface area contributed by atoms with Gasteiger partial charge in [0.2, 0.25) is 0 Å². The smallest absolute Gasteiger partial charge is 0.305 e. The van der Waals surface area contributed by atoms with Gasteiger partial charge in [0.05, 0.1) is 6.42 Å². The van der Waals surface area contributed by atoms with Crippen molar-refractivity contribution in [2.24, 2.45) is 11.1 Å². The highest BCUT2D eigenvalue weighted by Crippen LogP contribution is 2.42. The van der Waals surface area contributed by atoms with E-state index in [1.165, 1.54) is 31.2 Å². The van der Waals surface area contributed by atoms with Crippen molar-refractivity contribution in [2.45, 2.75) is 57.9 Å². The molecule has 0 aliphatic heterocycles. The Bertz CT molecular complexity index is 454. The molecule has 1 aliphatic rings. The molecule has 0 amide bonds. The number of carbonyl (C=O) groups is 1. The van der Waals surface area contributed by atoms with Crippen molar-refractivity contribution in [3.63, 3.8) is 0 Å². The second kappa shape index (κ2) is 5.96. The van der Waals surface area contributed by atoms with Crippen LogP contribution in [0.15, 0.2) is 24.3 Å². The maximum atomic E-state index is 10.7. The van der Waals surface area contributed by atoms with Gasteiger partial charge in [-0.3, -0.25) is 4.79 Å². The zero-order chi connectivity index (χ0) is 14.8. The van der Waals surface area contributed by atoms with Crippen molar-refractivity contribution in [3.05, 3.63) is 35.4 Å². The van der Waals surface area contributed by atoms with Crippen LogP contribution in [0.4, 0.5) is 0 Å². The summed E-state index contributed by atoms with van der Waals surface area (Å²) >= 11 is 0. The second-order valence-corrected chi connectivity index (χ2v) is 6.81. The van der Waals surface area contributed by atoms with Gasteiger partial charge < -0.3 is 10.8 Å². The lowest BCUT2D eigenvalue weighted by Crippen LogP contribution is -2.20. The Morgan fingerprint density at radius 1 is 1.30 bits per heavy atom. The van der Waals surface area contributed by atoms with Gasteiger partial charge in [-0.05, 0) is 48.1 Å². The average Bonchev–Trinajstić information content (AvgIpc) is 2.38. The molecule has 0 aromatic heterocycles. The van der Waals surface area contributed by atoms with Gasteiger partial charge in [0, 0.05) is 6.04 Å². The van der Waals surface area contributed by atoms with Gasteiger partial charge >= 0.3 is 5.97 Å². The number of nitrogens with two attached hydrogens (primary N) is 1. The van der Waals surface area contributed by atoms with Gasteiger partial charge in [-0.1, -0.05) is 38.1 Å². The monoisotopic (exact) mass is 275 g/mol. The van der Waals surface area contributed by atoms with Gasteiger partial charge in [-0.15, -0.1) is 0 Å². The van der Waals surface area contributed by atoms with Crippen molar-refractivity contribution in [1.82, 2.24) is 0 Å². The lowest BCUT2D eigenvalue weighted by molar-refractivity contribution is -0.137. The van der Waals surface area contributed by atoms with E-state index in [2.05, 4.69) is 26.0 Å². The lowest BCUT2D eigenvalue weighted by atomic mass is 9.71. The Morgan fingerprint density at radius 2 is 1.85 bits per heavy atom. The number of carboxylic acid groups (broad SMARTS) is 1. The first kappa shape index (κ1) is 15.0. The molecular weight excluding hydrogens is 250 g/mol. The first-order valence-electron chi connectivity index (χ1n) is 7.45. The van der Waals surface area contributed by atoms with Crippen LogP contribution in [0.1, 0.15) is 69.0 Å². The summed E-state index contributed by atoms with van der Waals surface area (Å²) < 4.78 is 0. The molecule has 3 heteroatoms. The zero-order valence-electron chi connectivity index (χ0n) is 12.4. The summed E-state index contributed by atoms with van der Waals surface area (Å²) in [6, 6.07) is 7.82. The van der Waals surface area contributed by atoms with E-state index in [0.29, 0.717) is 11.3 Å². The largest absolute Gasteiger partial charge is 0.481 e. The molecule has 0 radical (unpaired) electrons. The number of hydrogen-bond donors (Lipinski definition) is 2. The van der Waals surface area contributed by atoms with Crippen LogP contribution in [0.25, 0.3) is 0 Å². The second-order valence-electron chi connectivity index (χ2n) is 6.81. The van der Waals surface area contributed by atoms with E-state index >= 15 is 0 Å². The molecule has 0 bridgehead atoms. The fourth-order valence-corrected chi connectivity index (χ4v) is 3.05. The number of hydrogen-bond acceptors (Lipinski definition) is 2. The molecule has 2 rings (SSSR count). The summed E-state index contributed by atoms with van der Waals surface area (Å²) in [5.74, 6) is -0.205. The molecule has 1 atom stereocenters. The van der Waals surface area contributed by atoms with Crippen molar-refractivity contribution in [1.29, 1.82) is 0 Å². The summed E-state index contributed by atoms with van der Waals surface area (Å²) in [6.07, 6.45) is 5.02. The molecule has 1 unspecified atom stereocenters. The summed E-state index contributed by atoms with van der Waals surface area (Å²) in [5.41, 5.74) is 8.64. The maximum absolute atomic E-state index is 10.7. The number of rotatable bonds is 4. The van der Waals surface area contributed by atoms with Crippen molar-refractivity contribution in [3.8, 4) is 0 Å². The Balaban J connectivity index is 2.00. The minimum atomic E-state index is -0.851. The number of aliphatic carboxylic acids is 1. The van der Waals surface area contributed by atoms with Crippen molar-refractivity contribution < 1.29 is 9.90 Å². The van der Waals surface area contributed by atoms with Crippen LogP contribution in [0, 0.1) is 5.41 Å². The molecule has 1 fully saturated rings. The lowest BCUT2D eigenvalue weighted by Gasteiger charge is -2.34. The third-order valence-electron chi connectivity index (χ3n) is 4.57. The average molecular weight is 275 g/mol. The topological polar surface area (TPSA) is 63.3 Å². The molecule has 0 saturated heterocycles. The number of benzene rings is 1. The van der Waals surface area contributed by atoms with E-state index in [1.807, 2.05) is 12.1 Å². The first-order chi connectivity index (χ1) is 9.37. The van der Waals surface area contributed by atoms with E-state index in [0.717, 1.165) is 5.56 Å². The fourth-order valence-electron chi connectivity index (χ4n) is 3.05. The summed E-state index contributed by atoms with van der Waals surface area (Å²) in [6.45, 7) is 4.69. The van der Waals surface area contributed by atoms with Crippen LogP contribution >= 0.6 is 0 Å². The molecular formula is C17H25NO2. The van der Waals surface area contributed by atoms with Crippen LogP contribution in [-0.2, 0) is 4.79 Å². The molecule has 20 heavy (non-hydrogen) atoms. The molecule has 0 spiro atoms. The van der Waals surface area contributed by atoms with Crippen LogP contribution in [0.5, 0.6) is 0 Å². The Morgan fingerprint density at radius 3 is 2.35 bits per heavy atom. The molecule has 1 aromatic carbocycles. The van der Waals surface area contributed by atoms with Crippen LogP contribution in [0.3, 0.4) is 0 Å². The molecule has 1 aromatic rings. The van der Waals surface area contributed by atoms with E-state index in [4.69, 9.17) is 10.8 Å². The van der Waals surface area contributed by atoms with Gasteiger partial charge in [-0.2, -0.15) is 0 Å². The predicted molar refractivity (Wildman–Crippen MR) is 80.6 cm³/mol. The SMILES string of the molecule is CC1(C)CCC(c2ccc(C(N)CC(=O)O)cc2)CC1. The Hall–Kier alpha value is -1.35. The summed E-state index contributed by atoms with van der Waals surface area (Å²) in [5, 5.41) is 8.77. The predicted octanol–water partition coefficient (Wildman–Crippen LogP) is 3.84. The van der Waals surface area contributed by atoms with Gasteiger partial charge in [0.15, 0.2) is 0 Å². The first-order valence-corrected chi connectivity index (χ1v) is 7.45. The van der Waals surface area contributed by atoms with Crippen LogP contribution in [-0.4, -0.2) is 11.1 Å². The van der Waals surface area contributed by atoms with Crippen molar-refractivity contribution >= 4 is 5.97 Å². The molecule has 110 valence electrons. The van der Waals surface area contributed by atoms with E-state index in [-0.39, 0.29) is 6.42 Å². The minimum Gasteiger partial charge on any atom is -0.481 e. The fraction of sp³-hybridized carbons (Fsp3) is 0.588. The number of carboxylic acids is 1. The van der Waals surface area contributed by atoms with Gasteiger partial charge in [-0.25, -0.2) is 0 Å². The summed E-state index contributed by atoms with van der Waals surface area (Å²) in [7, 11) is 0. The van der Waals surface area contributed by atoms with E-state index in [9.17, 15) is 4.79 Å². The van der Waals surface area contributed by atoms with Gasteiger partial charge in [0.25, 0.3) is 0 Å². The quantitative estimate of drug-likeness (QED) is 0.877. The summed E-state index contributed by atoms with van der Waals surface area (Å²) in [4.78, 5) is 10.7. The molecule has 3 nitrogen and oxygen atoms in total. The Labute approximate surface area is 121 Å². The van der Waals surface area contributed by atoms with Crippen molar-refractivity contribution in [2.75, 3.05) is 0 Å². The molecule has 1 aliphatic carbocycles. The molecule has 3 N–H and O–H groups in total. The highest BCUT2D eigenvalue weighted by atomic mass is 16.4. The van der Waals surface area contributed by atoms with Crippen LogP contribution < -0.4 is 5.73 Å². The van der Waals surface area contributed by atoms with E-state index < -0.39 is 12.0 Å².